The highest BCUT2D eigenvalue weighted by atomic mass is 32.1. The van der Waals surface area contributed by atoms with Gasteiger partial charge in [-0.2, -0.15) is 0 Å². The van der Waals surface area contributed by atoms with Gasteiger partial charge in [-0.1, -0.05) is 36.4 Å². The molecule has 2 aromatic carbocycles. The van der Waals surface area contributed by atoms with Crippen LogP contribution in [0.3, 0.4) is 0 Å². The molecule has 160 valence electrons. The zero-order chi connectivity index (χ0) is 21.6. The number of aromatic nitrogens is 1. The van der Waals surface area contributed by atoms with Crippen molar-refractivity contribution >= 4 is 27.5 Å². The largest absolute Gasteiger partial charge is 0.496 e. The molecular weight excluding hydrogens is 408 g/mol. The molecule has 4 aromatic rings. The minimum absolute atomic E-state index is 0.0735. The molecule has 0 radical (unpaired) electrons. The van der Waals surface area contributed by atoms with Crippen molar-refractivity contribution in [3.63, 3.8) is 0 Å². The second-order valence-electron chi connectivity index (χ2n) is 7.27. The Kier molecular flexibility index (Phi) is 6.57. The third-order valence-corrected chi connectivity index (χ3v) is 6.13. The number of aryl methyl sites for hydroxylation is 1. The van der Waals surface area contributed by atoms with Gasteiger partial charge in [-0.3, -0.25) is 4.79 Å². The van der Waals surface area contributed by atoms with Crippen LogP contribution in [-0.2, 0) is 13.0 Å². The van der Waals surface area contributed by atoms with E-state index in [0.717, 1.165) is 27.3 Å². The predicted octanol–water partition coefficient (Wildman–Crippen LogP) is 5.07. The summed E-state index contributed by atoms with van der Waals surface area (Å²) in [7, 11) is 1.66. The fraction of sp³-hybridized carbons (Fsp3) is 0.240. The second-order valence-corrected chi connectivity index (χ2v) is 8.55. The smallest absolute Gasteiger partial charge is 0.267 e. The molecule has 0 aliphatic rings. The molecule has 0 aliphatic heterocycles. The van der Waals surface area contributed by atoms with Gasteiger partial charge >= 0.3 is 0 Å². The lowest BCUT2D eigenvalue weighted by Gasteiger charge is -2.13. The summed E-state index contributed by atoms with van der Waals surface area (Å²) >= 11 is 1.70. The maximum absolute atomic E-state index is 13.0. The van der Waals surface area contributed by atoms with E-state index in [9.17, 15) is 4.79 Å². The Morgan fingerprint density at radius 2 is 1.84 bits per heavy atom. The fourth-order valence-electron chi connectivity index (χ4n) is 3.68. The van der Waals surface area contributed by atoms with Gasteiger partial charge in [0.15, 0.2) is 0 Å². The number of rotatable bonds is 9. The fourth-order valence-corrected chi connectivity index (χ4v) is 4.64. The van der Waals surface area contributed by atoms with Crippen LogP contribution in [-0.4, -0.2) is 30.7 Å². The molecule has 0 fully saturated rings. The molecule has 0 spiro atoms. The van der Waals surface area contributed by atoms with E-state index in [1.54, 1.807) is 18.4 Å². The van der Waals surface area contributed by atoms with Crippen molar-refractivity contribution in [2.75, 3.05) is 20.3 Å². The number of hydrogen-bond acceptors (Lipinski definition) is 4. The number of amides is 1. The Balaban J connectivity index is 1.45. The summed E-state index contributed by atoms with van der Waals surface area (Å²) < 4.78 is 14.4. The summed E-state index contributed by atoms with van der Waals surface area (Å²) in [5.41, 5.74) is 2.82. The lowest BCUT2D eigenvalue weighted by atomic mass is 10.1. The van der Waals surface area contributed by atoms with Crippen LogP contribution in [0.25, 0.3) is 10.2 Å². The van der Waals surface area contributed by atoms with E-state index in [-0.39, 0.29) is 5.91 Å². The molecule has 0 saturated heterocycles. The molecule has 6 heteroatoms. The van der Waals surface area contributed by atoms with Gasteiger partial charge in [-0.05, 0) is 49.2 Å². The van der Waals surface area contributed by atoms with Crippen LogP contribution < -0.4 is 14.8 Å². The summed E-state index contributed by atoms with van der Waals surface area (Å²) in [6.07, 6.45) is 0.709. The lowest BCUT2D eigenvalue weighted by molar-refractivity contribution is 0.0944. The number of thiophene rings is 1. The van der Waals surface area contributed by atoms with E-state index >= 15 is 0 Å². The van der Waals surface area contributed by atoms with E-state index in [1.807, 2.05) is 60.7 Å². The Morgan fingerprint density at radius 3 is 2.65 bits per heavy atom. The number of carbonyl (C=O) groups excluding carboxylic acids is 1. The van der Waals surface area contributed by atoms with Crippen LogP contribution in [0.4, 0.5) is 0 Å². The summed E-state index contributed by atoms with van der Waals surface area (Å²) in [4.78, 5) is 14.2. The first-order valence-electron chi connectivity index (χ1n) is 10.3. The Hall–Kier alpha value is -3.25. The summed E-state index contributed by atoms with van der Waals surface area (Å²) in [6.45, 7) is 3.72. The van der Waals surface area contributed by atoms with Crippen molar-refractivity contribution in [3.8, 4) is 11.5 Å². The Morgan fingerprint density at radius 1 is 1.06 bits per heavy atom. The average Bonchev–Trinajstić information content (AvgIpc) is 3.31. The molecular formula is C25H26N2O3S. The SMILES string of the molecule is COc1ccccc1CCNC(=O)c1cc2sc(C)cc2n1CCOc1ccccc1. The van der Waals surface area contributed by atoms with Gasteiger partial charge < -0.3 is 19.4 Å². The van der Waals surface area contributed by atoms with Crippen LogP contribution in [0.5, 0.6) is 11.5 Å². The molecule has 1 N–H and O–H groups in total. The Bertz CT molecular complexity index is 1160. The van der Waals surface area contributed by atoms with Crippen LogP contribution >= 0.6 is 11.3 Å². The molecule has 2 heterocycles. The van der Waals surface area contributed by atoms with Crippen molar-refractivity contribution in [2.45, 2.75) is 19.9 Å². The van der Waals surface area contributed by atoms with E-state index in [0.29, 0.717) is 31.8 Å². The van der Waals surface area contributed by atoms with Gasteiger partial charge in [-0.15, -0.1) is 11.3 Å². The van der Waals surface area contributed by atoms with Crippen LogP contribution in [0, 0.1) is 6.92 Å². The molecule has 0 aliphatic carbocycles. The quantitative estimate of drug-likeness (QED) is 0.400. The van der Waals surface area contributed by atoms with E-state index in [1.165, 1.54) is 4.88 Å². The normalized spacial score (nSPS) is 10.9. The number of benzene rings is 2. The number of nitrogens with zero attached hydrogens (tertiary/aromatic N) is 1. The highest BCUT2D eigenvalue weighted by Crippen LogP contribution is 2.29. The van der Waals surface area contributed by atoms with Crippen molar-refractivity contribution in [1.82, 2.24) is 9.88 Å². The predicted molar refractivity (Wildman–Crippen MR) is 126 cm³/mol. The molecule has 5 nitrogen and oxygen atoms in total. The van der Waals surface area contributed by atoms with Crippen molar-refractivity contribution < 1.29 is 14.3 Å². The minimum Gasteiger partial charge on any atom is -0.496 e. The third-order valence-electron chi connectivity index (χ3n) is 5.14. The highest BCUT2D eigenvalue weighted by Gasteiger charge is 2.17. The topological polar surface area (TPSA) is 52.5 Å². The van der Waals surface area contributed by atoms with E-state index < -0.39 is 0 Å². The second kappa shape index (κ2) is 9.71. The van der Waals surface area contributed by atoms with Gasteiger partial charge in [0.1, 0.15) is 23.8 Å². The van der Waals surface area contributed by atoms with Crippen LogP contribution in [0.15, 0.2) is 66.7 Å². The number of carbonyl (C=O) groups is 1. The van der Waals surface area contributed by atoms with Crippen molar-refractivity contribution in [2.24, 2.45) is 0 Å². The molecule has 1 amide bonds. The minimum atomic E-state index is -0.0735. The van der Waals surface area contributed by atoms with Gasteiger partial charge in [0.05, 0.1) is 23.9 Å². The molecule has 0 bridgehead atoms. The first kappa shape index (κ1) is 21.0. The number of methoxy groups -OCH3 is 1. The first-order valence-corrected chi connectivity index (χ1v) is 11.1. The number of hydrogen-bond donors (Lipinski definition) is 1. The maximum Gasteiger partial charge on any atom is 0.267 e. The molecule has 0 atom stereocenters. The van der Waals surface area contributed by atoms with Crippen molar-refractivity contribution in [1.29, 1.82) is 0 Å². The third kappa shape index (κ3) is 4.91. The zero-order valence-electron chi connectivity index (χ0n) is 17.8. The van der Waals surface area contributed by atoms with E-state index in [2.05, 4.69) is 22.9 Å². The zero-order valence-corrected chi connectivity index (χ0v) is 18.6. The van der Waals surface area contributed by atoms with Crippen LogP contribution in [0.2, 0.25) is 0 Å². The molecule has 0 unspecified atom stereocenters. The van der Waals surface area contributed by atoms with Crippen LogP contribution in [0.1, 0.15) is 20.9 Å². The maximum atomic E-state index is 13.0. The standard InChI is InChI=1S/C25H26N2O3S/c1-18-16-21-24(31-18)17-22(27(21)14-15-30-20-9-4-3-5-10-20)25(28)26-13-12-19-8-6-7-11-23(19)29-2/h3-11,16-17H,12-15H2,1-2H3,(H,26,28). The summed E-state index contributed by atoms with van der Waals surface area (Å²) in [5, 5.41) is 3.06. The summed E-state index contributed by atoms with van der Waals surface area (Å²) in [6, 6.07) is 21.7. The molecule has 0 saturated carbocycles. The number of para-hydroxylation sites is 2. The van der Waals surface area contributed by atoms with Gasteiger partial charge in [0.2, 0.25) is 0 Å². The molecule has 4 rings (SSSR count). The first-order chi connectivity index (χ1) is 15.2. The van der Waals surface area contributed by atoms with Crippen molar-refractivity contribution in [3.05, 3.63) is 82.9 Å². The van der Waals surface area contributed by atoms with Gasteiger partial charge in [0, 0.05) is 11.4 Å². The number of nitrogens with one attached hydrogen (secondary N) is 1. The number of ether oxygens (including phenoxy) is 2. The average molecular weight is 435 g/mol. The van der Waals surface area contributed by atoms with Gasteiger partial charge in [0.25, 0.3) is 5.91 Å². The lowest BCUT2D eigenvalue weighted by Crippen LogP contribution is -2.28. The van der Waals surface area contributed by atoms with E-state index in [4.69, 9.17) is 9.47 Å². The molecule has 2 aromatic heterocycles. The molecule has 31 heavy (non-hydrogen) atoms. The number of fused-ring (bicyclic) bond motifs is 1. The monoisotopic (exact) mass is 434 g/mol. The highest BCUT2D eigenvalue weighted by molar-refractivity contribution is 7.19. The summed E-state index contributed by atoms with van der Waals surface area (Å²) in [5.74, 6) is 1.60. The van der Waals surface area contributed by atoms with Gasteiger partial charge in [-0.25, -0.2) is 0 Å². The Labute approximate surface area is 186 Å².